The number of hydrogen-bond donors (Lipinski definition) is 0. The molecule has 0 aromatic rings. The summed E-state index contributed by atoms with van der Waals surface area (Å²) in [5, 5.41) is 0. The maximum atomic E-state index is 11.6. The van der Waals surface area contributed by atoms with Gasteiger partial charge in [-0.15, -0.1) is 0 Å². The molecule has 0 atom stereocenters. The predicted octanol–water partition coefficient (Wildman–Crippen LogP) is 7.00. The molecule has 0 rings (SSSR count). The minimum atomic E-state index is -0.427. The summed E-state index contributed by atoms with van der Waals surface area (Å²) in [7, 11) is 0. The second kappa shape index (κ2) is 24.9. The topological polar surface area (TPSA) is 84.1 Å². The largest absolute Gasteiger partial charge is 0.412 e. The first-order chi connectivity index (χ1) is 13.7. The Morgan fingerprint density at radius 2 is 0.690 bits per heavy atom. The highest BCUT2D eigenvalue weighted by atomic mass is 17.2. The van der Waals surface area contributed by atoms with Crippen LogP contribution in [0.25, 0.3) is 0 Å². The molecule has 5 nitrogen and oxygen atoms in total. The number of rotatable bonds is 20. The molecular formula is C24H48O5. The van der Waals surface area contributed by atoms with Gasteiger partial charge in [0.25, 0.3) is 0 Å². The van der Waals surface area contributed by atoms with E-state index >= 15 is 0 Å². The van der Waals surface area contributed by atoms with Crippen molar-refractivity contribution in [2.24, 2.45) is 0 Å². The summed E-state index contributed by atoms with van der Waals surface area (Å²) in [6.07, 6.45) is 22.3. The normalized spacial score (nSPS) is 10.4. The van der Waals surface area contributed by atoms with Gasteiger partial charge in [-0.05, 0) is 12.8 Å². The van der Waals surface area contributed by atoms with Gasteiger partial charge < -0.3 is 5.48 Å². The van der Waals surface area contributed by atoms with Crippen molar-refractivity contribution >= 4 is 11.9 Å². The van der Waals surface area contributed by atoms with E-state index in [0.29, 0.717) is 12.8 Å². The fourth-order valence-corrected chi connectivity index (χ4v) is 3.34. The van der Waals surface area contributed by atoms with Crippen LogP contribution in [0, 0.1) is 0 Å². The summed E-state index contributed by atoms with van der Waals surface area (Å²) in [5.74, 6) is -0.855. The molecule has 0 unspecified atom stereocenters. The molecule has 0 spiro atoms. The Bertz CT molecular complexity index is 323. The predicted molar refractivity (Wildman–Crippen MR) is 119 cm³/mol. The Hall–Kier alpha value is -1.10. The van der Waals surface area contributed by atoms with Gasteiger partial charge in [0.1, 0.15) is 0 Å². The lowest BCUT2D eigenvalue weighted by molar-refractivity contribution is -0.259. The highest BCUT2D eigenvalue weighted by Gasteiger charge is 2.09. The van der Waals surface area contributed by atoms with E-state index in [1.54, 1.807) is 0 Å². The van der Waals surface area contributed by atoms with Crippen LogP contribution < -0.4 is 0 Å². The molecule has 0 amide bonds. The molecule has 0 heterocycles. The standard InChI is InChI=1S/C24H46O4.H2O/c1-3-5-7-9-11-13-15-17-19-21-23(25)27-28-24(26)22-20-18-16-14-12-10-8-6-4-2;/h3-22H2,1-2H3;1H2. The third kappa shape index (κ3) is 24.9. The van der Waals surface area contributed by atoms with Gasteiger partial charge in [0.2, 0.25) is 0 Å². The van der Waals surface area contributed by atoms with Gasteiger partial charge in [0.05, 0.1) is 12.8 Å². The summed E-state index contributed by atoms with van der Waals surface area (Å²) in [6, 6.07) is 0. The zero-order valence-electron chi connectivity index (χ0n) is 19.3. The molecule has 0 radical (unpaired) electrons. The van der Waals surface area contributed by atoms with E-state index in [4.69, 9.17) is 0 Å². The van der Waals surface area contributed by atoms with Crippen molar-refractivity contribution in [2.45, 2.75) is 142 Å². The molecule has 0 saturated carbocycles. The van der Waals surface area contributed by atoms with E-state index in [1.807, 2.05) is 0 Å². The van der Waals surface area contributed by atoms with Gasteiger partial charge in [-0.25, -0.2) is 19.4 Å². The minimum absolute atomic E-state index is 0. The van der Waals surface area contributed by atoms with E-state index in [-0.39, 0.29) is 5.48 Å². The van der Waals surface area contributed by atoms with Crippen LogP contribution in [0.1, 0.15) is 142 Å². The monoisotopic (exact) mass is 416 g/mol. The lowest BCUT2D eigenvalue weighted by atomic mass is 10.1. The van der Waals surface area contributed by atoms with Gasteiger partial charge in [-0.3, -0.25) is 0 Å². The van der Waals surface area contributed by atoms with Crippen LogP contribution in [0.15, 0.2) is 0 Å². The zero-order valence-corrected chi connectivity index (χ0v) is 19.3. The Labute approximate surface area is 179 Å². The highest BCUT2D eigenvalue weighted by molar-refractivity contribution is 5.72. The summed E-state index contributed by atoms with van der Waals surface area (Å²) < 4.78 is 0. The van der Waals surface area contributed by atoms with E-state index in [2.05, 4.69) is 23.6 Å². The summed E-state index contributed by atoms with van der Waals surface area (Å²) in [5.41, 5.74) is 0. The second-order valence-corrected chi connectivity index (χ2v) is 8.07. The van der Waals surface area contributed by atoms with Crippen LogP contribution >= 0.6 is 0 Å². The molecule has 174 valence electrons. The molecule has 0 aromatic heterocycles. The molecular weight excluding hydrogens is 368 g/mol. The first kappa shape index (κ1) is 30.1. The molecule has 0 aliphatic rings. The molecule has 0 bridgehead atoms. The van der Waals surface area contributed by atoms with E-state index in [1.165, 1.54) is 77.0 Å². The molecule has 0 saturated heterocycles. The van der Waals surface area contributed by atoms with E-state index < -0.39 is 11.9 Å². The van der Waals surface area contributed by atoms with Crippen molar-refractivity contribution in [3.05, 3.63) is 0 Å². The van der Waals surface area contributed by atoms with Crippen LogP contribution in [-0.4, -0.2) is 17.4 Å². The molecule has 0 fully saturated rings. The number of hydrogen-bond acceptors (Lipinski definition) is 4. The Balaban J connectivity index is 0. The summed E-state index contributed by atoms with van der Waals surface area (Å²) in [6.45, 7) is 4.46. The second-order valence-electron chi connectivity index (χ2n) is 8.07. The minimum Gasteiger partial charge on any atom is -0.412 e. The molecule has 29 heavy (non-hydrogen) atoms. The lowest BCUT2D eigenvalue weighted by Crippen LogP contribution is -2.11. The number of unbranched alkanes of at least 4 members (excludes halogenated alkanes) is 16. The summed E-state index contributed by atoms with van der Waals surface area (Å²) in [4.78, 5) is 32.4. The maximum absolute atomic E-state index is 11.6. The molecule has 0 aromatic carbocycles. The summed E-state index contributed by atoms with van der Waals surface area (Å²) >= 11 is 0. The first-order valence-corrected chi connectivity index (χ1v) is 12.1. The molecule has 2 N–H and O–H groups in total. The third-order valence-electron chi connectivity index (χ3n) is 5.20. The fraction of sp³-hybridized carbons (Fsp3) is 0.917. The first-order valence-electron chi connectivity index (χ1n) is 12.1. The Kier molecular flexibility index (Phi) is 25.9. The van der Waals surface area contributed by atoms with Gasteiger partial charge in [0, 0.05) is 0 Å². The van der Waals surface area contributed by atoms with Crippen LogP contribution in [-0.2, 0) is 19.4 Å². The zero-order chi connectivity index (χ0) is 20.7. The highest BCUT2D eigenvalue weighted by Crippen LogP contribution is 2.12. The molecule has 0 aliphatic carbocycles. The van der Waals surface area contributed by atoms with Crippen molar-refractivity contribution in [1.82, 2.24) is 0 Å². The van der Waals surface area contributed by atoms with Crippen LogP contribution in [0.3, 0.4) is 0 Å². The average molecular weight is 417 g/mol. The van der Waals surface area contributed by atoms with Crippen molar-refractivity contribution < 1.29 is 24.8 Å². The number of carbonyl (C=O) groups excluding carboxylic acids is 2. The Morgan fingerprint density at radius 1 is 0.448 bits per heavy atom. The van der Waals surface area contributed by atoms with Crippen molar-refractivity contribution in [2.75, 3.05) is 0 Å². The van der Waals surface area contributed by atoms with Crippen LogP contribution in [0.5, 0.6) is 0 Å². The fourth-order valence-electron chi connectivity index (χ4n) is 3.34. The van der Waals surface area contributed by atoms with Crippen molar-refractivity contribution in [3.63, 3.8) is 0 Å². The molecule has 0 aliphatic heterocycles. The average Bonchev–Trinajstić information content (AvgIpc) is 2.69. The third-order valence-corrected chi connectivity index (χ3v) is 5.20. The quantitative estimate of drug-likeness (QED) is 0.121. The smallest absolute Gasteiger partial charge is 0.355 e. The lowest BCUT2D eigenvalue weighted by Gasteiger charge is -2.04. The molecule has 5 heteroatoms. The van der Waals surface area contributed by atoms with Crippen molar-refractivity contribution in [1.29, 1.82) is 0 Å². The number of carbonyl (C=O) groups is 2. The van der Waals surface area contributed by atoms with Gasteiger partial charge in [-0.2, -0.15) is 0 Å². The van der Waals surface area contributed by atoms with Gasteiger partial charge >= 0.3 is 11.9 Å². The van der Waals surface area contributed by atoms with Crippen molar-refractivity contribution in [3.8, 4) is 0 Å². The SMILES string of the molecule is CCCCCCCCCCCC(=O)OOC(=O)CCCCCCCCCCC.O. The maximum Gasteiger partial charge on any atom is 0.355 e. The van der Waals surface area contributed by atoms with Crippen LogP contribution in [0.4, 0.5) is 0 Å². The van der Waals surface area contributed by atoms with Crippen LogP contribution in [0.2, 0.25) is 0 Å². The Morgan fingerprint density at radius 3 is 0.966 bits per heavy atom. The van der Waals surface area contributed by atoms with E-state index in [9.17, 15) is 9.59 Å². The van der Waals surface area contributed by atoms with Gasteiger partial charge in [-0.1, -0.05) is 117 Å². The van der Waals surface area contributed by atoms with Gasteiger partial charge in [0.15, 0.2) is 0 Å². The van der Waals surface area contributed by atoms with E-state index in [0.717, 1.165) is 38.5 Å².